The molecule has 3 rings (SSSR count). The number of benzene rings is 2. The Kier molecular flexibility index (Phi) is 4.29. The van der Waals surface area contributed by atoms with E-state index in [0.717, 1.165) is 12.1 Å². The maximum Gasteiger partial charge on any atom is 0.0859 e. The van der Waals surface area contributed by atoms with E-state index in [1.54, 1.807) is 0 Å². The first-order chi connectivity index (χ1) is 10.8. The SMILES string of the molecule is CC1=CCC(c2ccccc2CN=Nc2ccccc2)=C1C. The lowest BCUT2D eigenvalue weighted by Gasteiger charge is -2.10. The van der Waals surface area contributed by atoms with Crippen LogP contribution in [0.5, 0.6) is 0 Å². The molecular weight excluding hydrogens is 268 g/mol. The highest BCUT2D eigenvalue weighted by atomic mass is 15.1. The molecule has 0 atom stereocenters. The van der Waals surface area contributed by atoms with Crippen LogP contribution in [0.3, 0.4) is 0 Å². The van der Waals surface area contributed by atoms with Gasteiger partial charge in [0.05, 0.1) is 12.2 Å². The summed E-state index contributed by atoms with van der Waals surface area (Å²) in [6.45, 7) is 5.00. The molecule has 0 unspecified atom stereocenters. The van der Waals surface area contributed by atoms with Gasteiger partial charge in [0.25, 0.3) is 0 Å². The summed E-state index contributed by atoms with van der Waals surface area (Å²) in [6.07, 6.45) is 3.32. The fourth-order valence-electron chi connectivity index (χ4n) is 2.75. The van der Waals surface area contributed by atoms with Crippen LogP contribution in [0.4, 0.5) is 5.69 Å². The number of allylic oxidation sites excluding steroid dienone is 4. The first-order valence-electron chi connectivity index (χ1n) is 7.63. The fourth-order valence-corrected chi connectivity index (χ4v) is 2.75. The quantitative estimate of drug-likeness (QED) is 0.608. The summed E-state index contributed by atoms with van der Waals surface area (Å²) < 4.78 is 0. The van der Waals surface area contributed by atoms with Crippen molar-refractivity contribution in [3.63, 3.8) is 0 Å². The van der Waals surface area contributed by atoms with Gasteiger partial charge in [-0.05, 0) is 54.7 Å². The van der Waals surface area contributed by atoms with E-state index in [0.29, 0.717) is 6.54 Å². The second kappa shape index (κ2) is 6.52. The molecule has 0 spiro atoms. The summed E-state index contributed by atoms with van der Waals surface area (Å²) in [5.41, 5.74) is 7.64. The van der Waals surface area contributed by atoms with Gasteiger partial charge < -0.3 is 0 Å². The molecule has 0 saturated heterocycles. The molecule has 2 nitrogen and oxygen atoms in total. The Morgan fingerprint density at radius 1 is 0.909 bits per heavy atom. The van der Waals surface area contributed by atoms with E-state index in [9.17, 15) is 0 Å². The molecule has 2 aromatic carbocycles. The predicted octanol–water partition coefficient (Wildman–Crippen LogP) is 6.09. The zero-order valence-electron chi connectivity index (χ0n) is 13.1. The van der Waals surface area contributed by atoms with E-state index >= 15 is 0 Å². The van der Waals surface area contributed by atoms with Gasteiger partial charge >= 0.3 is 0 Å². The lowest BCUT2D eigenvalue weighted by molar-refractivity contribution is 0.954. The van der Waals surface area contributed by atoms with E-state index in [2.05, 4.69) is 54.4 Å². The van der Waals surface area contributed by atoms with Crippen molar-refractivity contribution in [2.75, 3.05) is 0 Å². The van der Waals surface area contributed by atoms with Gasteiger partial charge in [0, 0.05) is 0 Å². The topological polar surface area (TPSA) is 24.7 Å². The van der Waals surface area contributed by atoms with Crippen LogP contribution >= 0.6 is 0 Å². The van der Waals surface area contributed by atoms with Crippen LogP contribution in [0.15, 0.2) is 82.0 Å². The molecule has 2 heteroatoms. The van der Waals surface area contributed by atoms with Crippen LogP contribution in [-0.4, -0.2) is 0 Å². The zero-order chi connectivity index (χ0) is 15.4. The second-order valence-corrected chi connectivity index (χ2v) is 5.59. The summed E-state index contributed by atoms with van der Waals surface area (Å²) in [6, 6.07) is 18.4. The minimum atomic E-state index is 0.612. The van der Waals surface area contributed by atoms with Crippen LogP contribution in [0.2, 0.25) is 0 Å². The van der Waals surface area contributed by atoms with E-state index in [-0.39, 0.29) is 0 Å². The number of hydrogen-bond donors (Lipinski definition) is 0. The standard InChI is InChI=1S/C20H20N2/c1-15-12-13-19(16(15)2)20-11-7-6-8-17(20)14-21-22-18-9-4-3-5-10-18/h3-12H,13-14H2,1-2H3. The molecule has 0 N–H and O–H groups in total. The van der Waals surface area contributed by atoms with Gasteiger partial charge in [0.2, 0.25) is 0 Å². The number of rotatable bonds is 4. The summed E-state index contributed by atoms with van der Waals surface area (Å²) in [5, 5.41) is 8.67. The Labute approximate surface area is 131 Å². The highest BCUT2D eigenvalue weighted by molar-refractivity contribution is 5.77. The predicted molar refractivity (Wildman–Crippen MR) is 92.1 cm³/mol. The molecule has 0 fully saturated rings. The smallest absolute Gasteiger partial charge is 0.0859 e. The highest BCUT2D eigenvalue weighted by Gasteiger charge is 2.14. The molecule has 2 aromatic rings. The third kappa shape index (κ3) is 3.06. The Bertz CT molecular complexity index is 752. The van der Waals surface area contributed by atoms with Crippen LogP contribution in [0, 0.1) is 0 Å². The molecule has 1 aliphatic carbocycles. The average molecular weight is 288 g/mol. The molecule has 0 bridgehead atoms. The second-order valence-electron chi connectivity index (χ2n) is 5.59. The largest absolute Gasteiger partial charge is 0.184 e. The molecule has 1 aliphatic rings. The van der Waals surface area contributed by atoms with Gasteiger partial charge in [-0.3, -0.25) is 0 Å². The first kappa shape index (κ1) is 14.5. The van der Waals surface area contributed by atoms with Gasteiger partial charge in [-0.2, -0.15) is 10.2 Å². The monoisotopic (exact) mass is 288 g/mol. The van der Waals surface area contributed by atoms with E-state index in [1.807, 2.05) is 30.3 Å². The number of nitrogens with zero attached hydrogens (tertiary/aromatic N) is 2. The van der Waals surface area contributed by atoms with Crippen molar-refractivity contribution in [3.8, 4) is 0 Å². The summed E-state index contributed by atoms with van der Waals surface area (Å²) in [5.74, 6) is 0. The lowest BCUT2D eigenvalue weighted by Crippen LogP contribution is -1.92. The van der Waals surface area contributed by atoms with Crippen LogP contribution in [0.1, 0.15) is 31.4 Å². The third-order valence-corrected chi connectivity index (χ3v) is 4.18. The number of azo groups is 1. The van der Waals surface area contributed by atoms with Gasteiger partial charge in [-0.25, -0.2) is 0 Å². The van der Waals surface area contributed by atoms with Crippen molar-refractivity contribution in [1.82, 2.24) is 0 Å². The van der Waals surface area contributed by atoms with Crippen molar-refractivity contribution in [2.45, 2.75) is 26.8 Å². The highest BCUT2D eigenvalue weighted by Crippen LogP contribution is 2.34. The molecular formula is C20H20N2. The van der Waals surface area contributed by atoms with Crippen molar-refractivity contribution in [3.05, 3.63) is 82.9 Å². The Morgan fingerprint density at radius 3 is 2.36 bits per heavy atom. The van der Waals surface area contributed by atoms with Crippen molar-refractivity contribution in [1.29, 1.82) is 0 Å². The lowest BCUT2D eigenvalue weighted by atomic mass is 9.96. The molecule has 0 amide bonds. The van der Waals surface area contributed by atoms with E-state index < -0.39 is 0 Å². The van der Waals surface area contributed by atoms with Crippen LogP contribution in [-0.2, 0) is 6.54 Å². The maximum atomic E-state index is 4.37. The normalized spacial score (nSPS) is 14.7. The molecule has 0 heterocycles. The Balaban J connectivity index is 1.83. The molecule has 0 aromatic heterocycles. The van der Waals surface area contributed by atoms with Crippen molar-refractivity contribution < 1.29 is 0 Å². The maximum absolute atomic E-state index is 4.37. The number of hydrogen-bond acceptors (Lipinski definition) is 2. The third-order valence-electron chi connectivity index (χ3n) is 4.18. The Hall–Kier alpha value is -2.48. The fraction of sp³-hybridized carbons (Fsp3) is 0.200. The molecule has 0 saturated carbocycles. The molecule has 0 aliphatic heterocycles. The van der Waals surface area contributed by atoms with Crippen LogP contribution in [0.25, 0.3) is 5.57 Å². The zero-order valence-corrected chi connectivity index (χ0v) is 13.1. The van der Waals surface area contributed by atoms with E-state index in [1.165, 1.54) is 27.8 Å². The minimum Gasteiger partial charge on any atom is -0.184 e. The van der Waals surface area contributed by atoms with Gasteiger partial charge in [-0.1, -0.05) is 54.1 Å². The summed E-state index contributed by atoms with van der Waals surface area (Å²) in [7, 11) is 0. The Morgan fingerprint density at radius 2 is 1.64 bits per heavy atom. The average Bonchev–Trinajstić information content (AvgIpc) is 2.88. The summed E-state index contributed by atoms with van der Waals surface area (Å²) in [4.78, 5) is 0. The van der Waals surface area contributed by atoms with Crippen molar-refractivity contribution >= 4 is 11.3 Å². The van der Waals surface area contributed by atoms with Gasteiger partial charge in [-0.15, -0.1) is 0 Å². The minimum absolute atomic E-state index is 0.612. The molecule has 22 heavy (non-hydrogen) atoms. The van der Waals surface area contributed by atoms with Gasteiger partial charge in [0.15, 0.2) is 0 Å². The molecule has 0 radical (unpaired) electrons. The molecule has 110 valence electrons. The summed E-state index contributed by atoms with van der Waals surface area (Å²) >= 11 is 0. The first-order valence-corrected chi connectivity index (χ1v) is 7.63. The van der Waals surface area contributed by atoms with Gasteiger partial charge in [0.1, 0.15) is 0 Å². The van der Waals surface area contributed by atoms with E-state index in [4.69, 9.17) is 0 Å². The van der Waals surface area contributed by atoms with Crippen LogP contribution < -0.4 is 0 Å². The van der Waals surface area contributed by atoms with Crippen molar-refractivity contribution in [2.24, 2.45) is 10.2 Å².